The van der Waals surface area contributed by atoms with Crippen LogP contribution in [-0.4, -0.2) is 29.0 Å². The minimum atomic E-state index is 0.00926. The molecule has 1 aliphatic heterocycles. The lowest BCUT2D eigenvalue weighted by molar-refractivity contribution is 0.215. The lowest BCUT2D eigenvalue weighted by Gasteiger charge is -2.17. The molecule has 0 bridgehead atoms. The van der Waals surface area contributed by atoms with E-state index in [0.29, 0.717) is 13.1 Å². The Morgan fingerprint density at radius 3 is 2.86 bits per heavy atom. The molecule has 2 amide bonds. The highest BCUT2D eigenvalue weighted by Crippen LogP contribution is 2.19. The average molecular weight is 296 g/mol. The maximum Gasteiger partial charge on any atom is 0.317 e. The van der Waals surface area contributed by atoms with E-state index >= 15 is 0 Å². The molecule has 22 heavy (non-hydrogen) atoms. The predicted octanol–water partition coefficient (Wildman–Crippen LogP) is 2.53. The van der Waals surface area contributed by atoms with Gasteiger partial charge in [-0.05, 0) is 30.2 Å². The van der Waals surface area contributed by atoms with Crippen LogP contribution < -0.4 is 10.6 Å². The molecule has 0 saturated carbocycles. The summed E-state index contributed by atoms with van der Waals surface area (Å²) in [5.41, 5.74) is 4.32. The Bertz CT molecular complexity index is 654. The number of para-hydroxylation sites is 1. The van der Waals surface area contributed by atoms with Crippen molar-refractivity contribution >= 4 is 11.7 Å². The van der Waals surface area contributed by atoms with Crippen molar-refractivity contribution in [2.24, 2.45) is 0 Å². The van der Waals surface area contributed by atoms with E-state index < -0.39 is 0 Å². The molecule has 1 aromatic heterocycles. The number of benzene rings is 1. The van der Waals surface area contributed by atoms with Crippen LogP contribution in [0.25, 0.3) is 0 Å². The molecule has 1 aliphatic rings. The number of aromatic nitrogens is 1. The molecule has 0 atom stereocenters. The number of carbonyl (C=O) groups is 1. The van der Waals surface area contributed by atoms with Gasteiger partial charge in [0.25, 0.3) is 0 Å². The van der Waals surface area contributed by atoms with Crippen LogP contribution in [0.15, 0.2) is 42.6 Å². The quantitative estimate of drug-likeness (QED) is 0.891. The molecular formula is C17H20N4O. The Balaban J connectivity index is 1.68. The smallest absolute Gasteiger partial charge is 0.317 e. The van der Waals surface area contributed by atoms with E-state index in [2.05, 4.69) is 27.8 Å². The zero-order valence-electron chi connectivity index (χ0n) is 12.7. The third-order valence-corrected chi connectivity index (χ3v) is 3.76. The fourth-order valence-electron chi connectivity index (χ4n) is 2.49. The van der Waals surface area contributed by atoms with E-state index in [1.54, 1.807) is 0 Å². The van der Waals surface area contributed by atoms with Gasteiger partial charge in [0, 0.05) is 31.5 Å². The van der Waals surface area contributed by atoms with Crippen molar-refractivity contribution in [1.82, 2.24) is 15.2 Å². The number of rotatable bonds is 5. The van der Waals surface area contributed by atoms with E-state index in [-0.39, 0.29) is 6.03 Å². The topological polar surface area (TPSA) is 57.3 Å². The minimum absolute atomic E-state index is 0.00926. The van der Waals surface area contributed by atoms with Crippen LogP contribution >= 0.6 is 0 Å². The second-order valence-electron chi connectivity index (χ2n) is 5.49. The van der Waals surface area contributed by atoms with E-state index in [1.165, 1.54) is 0 Å². The van der Waals surface area contributed by atoms with Crippen molar-refractivity contribution in [1.29, 1.82) is 0 Å². The third-order valence-electron chi connectivity index (χ3n) is 3.76. The molecule has 0 radical (unpaired) electrons. The summed E-state index contributed by atoms with van der Waals surface area (Å²) in [5, 5.41) is 6.25. The lowest BCUT2D eigenvalue weighted by atomic mass is 10.1. The summed E-state index contributed by atoms with van der Waals surface area (Å²) in [6.45, 7) is 4.80. The van der Waals surface area contributed by atoms with Gasteiger partial charge in [-0.3, -0.25) is 4.98 Å². The Kier molecular flexibility index (Phi) is 4.23. The van der Waals surface area contributed by atoms with Crippen molar-refractivity contribution in [2.45, 2.75) is 20.0 Å². The molecule has 2 heterocycles. The summed E-state index contributed by atoms with van der Waals surface area (Å²) < 4.78 is 0. The Labute approximate surface area is 130 Å². The van der Waals surface area contributed by atoms with Gasteiger partial charge in [0.15, 0.2) is 0 Å². The molecule has 3 rings (SSSR count). The summed E-state index contributed by atoms with van der Waals surface area (Å²) in [6.07, 6.45) is 1.87. The number of urea groups is 1. The van der Waals surface area contributed by atoms with Crippen LogP contribution in [0.4, 0.5) is 10.5 Å². The Hall–Kier alpha value is -2.56. The van der Waals surface area contributed by atoms with Crippen LogP contribution in [0.1, 0.15) is 16.8 Å². The number of carbonyl (C=O) groups excluding carboxylic acids is 1. The first-order valence-electron chi connectivity index (χ1n) is 7.48. The second kappa shape index (κ2) is 6.47. The molecule has 0 spiro atoms. The first-order valence-corrected chi connectivity index (χ1v) is 7.48. The predicted molar refractivity (Wildman–Crippen MR) is 86.6 cm³/mol. The molecule has 114 valence electrons. The Morgan fingerprint density at radius 2 is 2.14 bits per heavy atom. The first kappa shape index (κ1) is 14.4. The number of amides is 2. The van der Waals surface area contributed by atoms with Gasteiger partial charge in [-0.25, -0.2) is 4.79 Å². The van der Waals surface area contributed by atoms with Gasteiger partial charge in [0.2, 0.25) is 0 Å². The maximum atomic E-state index is 11.7. The van der Waals surface area contributed by atoms with Crippen LogP contribution in [0.5, 0.6) is 0 Å². The number of nitrogens with zero attached hydrogens (tertiary/aromatic N) is 2. The van der Waals surface area contributed by atoms with Crippen molar-refractivity contribution in [3.63, 3.8) is 0 Å². The number of hydrogen-bond acceptors (Lipinski definition) is 3. The van der Waals surface area contributed by atoms with E-state index in [1.807, 2.05) is 42.3 Å². The summed E-state index contributed by atoms with van der Waals surface area (Å²) in [6, 6.07) is 12.2. The molecule has 1 aromatic carbocycles. The van der Waals surface area contributed by atoms with Crippen LogP contribution in [-0.2, 0) is 13.1 Å². The number of pyridine rings is 1. The molecule has 2 N–H and O–H groups in total. The van der Waals surface area contributed by atoms with Crippen LogP contribution in [0.2, 0.25) is 0 Å². The standard InChI is InChI=1S/C17H20N4O/c1-13-6-7-15(19-10-13)11-20-16-5-3-2-4-14(16)12-21-9-8-18-17(21)22/h2-7,10,20H,8-9,11-12H2,1H3,(H,18,22). The van der Waals surface area contributed by atoms with Crippen molar-refractivity contribution in [3.05, 3.63) is 59.4 Å². The van der Waals surface area contributed by atoms with Gasteiger partial charge in [0.05, 0.1) is 12.2 Å². The second-order valence-corrected chi connectivity index (χ2v) is 5.49. The average Bonchev–Trinajstić information content (AvgIpc) is 2.93. The minimum Gasteiger partial charge on any atom is -0.379 e. The summed E-state index contributed by atoms with van der Waals surface area (Å²) in [4.78, 5) is 17.9. The fraction of sp³-hybridized carbons (Fsp3) is 0.294. The SMILES string of the molecule is Cc1ccc(CNc2ccccc2CN2CCNC2=O)nc1. The number of aryl methyl sites for hydroxylation is 1. The molecule has 1 saturated heterocycles. The maximum absolute atomic E-state index is 11.7. The van der Waals surface area contributed by atoms with Gasteiger partial charge in [0.1, 0.15) is 0 Å². The van der Waals surface area contributed by atoms with E-state index in [4.69, 9.17) is 0 Å². The van der Waals surface area contributed by atoms with Crippen molar-refractivity contribution in [3.8, 4) is 0 Å². The van der Waals surface area contributed by atoms with Crippen molar-refractivity contribution in [2.75, 3.05) is 18.4 Å². The zero-order chi connectivity index (χ0) is 15.4. The molecule has 0 aliphatic carbocycles. The number of anilines is 1. The molecule has 2 aromatic rings. The molecule has 0 unspecified atom stereocenters. The van der Waals surface area contributed by atoms with Gasteiger partial charge >= 0.3 is 6.03 Å². The molecule has 5 nitrogen and oxygen atoms in total. The Morgan fingerprint density at radius 1 is 1.27 bits per heavy atom. The summed E-state index contributed by atoms with van der Waals surface area (Å²) in [5.74, 6) is 0. The lowest BCUT2D eigenvalue weighted by Crippen LogP contribution is -2.27. The molecule has 5 heteroatoms. The monoisotopic (exact) mass is 296 g/mol. The highest BCUT2D eigenvalue weighted by molar-refractivity contribution is 5.76. The van der Waals surface area contributed by atoms with Crippen LogP contribution in [0.3, 0.4) is 0 Å². The molecular weight excluding hydrogens is 276 g/mol. The van der Waals surface area contributed by atoms with Crippen LogP contribution in [0, 0.1) is 6.92 Å². The zero-order valence-corrected chi connectivity index (χ0v) is 12.7. The highest BCUT2D eigenvalue weighted by Gasteiger charge is 2.20. The number of hydrogen-bond donors (Lipinski definition) is 2. The number of nitrogens with one attached hydrogen (secondary N) is 2. The normalized spacial score (nSPS) is 14.0. The van der Waals surface area contributed by atoms with Gasteiger partial charge in [-0.1, -0.05) is 24.3 Å². The largest absolute Gasteiger partial charge is 0.379 e. The van der Waals surface area contributed by atoms with E-state index in [0.717, 1.165) is 35.6 Å². The molecule has 1 fully saturated rings. The summed E-state index contributed by atoms with van der Waals surface area (Å²) >= 11 is 0. The van der Waals surface area contributed by atoms with Gasteiger partial charge < -0.3 is 15.5 Å². The fourth-order valence-corrected chi connectivity index (χ4v) is 2.49. The van der Waals surface area contributed by atoms with E-state index in [9.17, 15) is 4.79 Å². The summed E-state index contributed by atoms with van der Waals surface area (Å²) in [7, 11) is 0. The van der Waals surface area contributed by atoms with Gasteiger partial charge in [-0.2, -0.15) is 0 Å². The first-order chi connectivity index (χ1) is 10.7. The highest BCUT2D eigenvalue weighted by atomic mass is 16.2. The third kappa shape index (κ3) is 3.36. The van der Waals surface area contributed by atoms with Gasteiger partial charge in [-0.15, -0.1) is 0 Å². The van der Waals surface area contributed by atoms with Crippen molar-refractivity contribution < 1.29 is 4.79 Å².